The number of hydrogen-bond acceptors (Lipinski definition) is 4. The van der Waals surface area contributed by atoms with Crippen molar-refractivity contribution in [3.05, 3.63) is 29.8 Å². The molecule has 1 aliphatic heterocycles. The molecule has 0 aromatic heterocycles. The summed E-state index contributed by atoms with van der Waals surface area (Å²) in [5, 5.41) is 0. The summed E-state index contributed by atoms with van der Waals surface area (Å²) in [6.07, 6.45) is 0.154. The average molecular weight is 264 g/mol. The molecule has 3 nitrogen and oxygen atoms in total. The molecule has 0 saturated heterocycles. The molecule has 1 aliphatic rings. The molecule has 0 unspecified atom stereocenters. The van der Waals surface area contributed by atoms with Gasteiger partial charge in [-0.3, -0.25) is 9.59 Å². The van der Waals surface area contributed by atoms with Gasteiger partial charge in [-0.05, 0) is 13.0 Å². The van der Waals surface area contributed by atoms with E-state index in [4.69, 9.17) is 4.74 Å². The normalized spacial score (nSPS) is 22.4. The summed E-state index contributed by atoms with van der Waals surface area (Å²) in [5.41, 5.74) is 0.0752. The molecule has 0 amide bonds. The topological polar surface area (TPSA) is 43.4 Å². The van der Waals surface area contributed by atoms with Crippen LogP contribution < -0.4 is 0 Å². The van der Waals surface area contributed by atoms with Crippen LogP contribution in [0.2, 0.25) is 0 Å². The minimum atomic E-state index is -0.648. The van der Waals surface area contributed by atoms with E-state index in [0.29, 0.717) is 12.4 Å². The van der Waals surface area contributed by atoms with Crippen LogP contribution in [0.4, 0.5) is 0 Å². The van der Waals surface area contributed by atoms with Gasteiger partial charge in [-0.1, -0.05) is 25.1 Å². The second-order valence-electron chi connectivity index (χ2n) is 4.66. The molecule has 4 heteroatoms. The third kappa shape index (κ3) is 2.43. The van der Waals surface area contributed by atoms with Crippen LogP contribution in [0.25, 0.3) is 0 Å². The summed E-state index contributed by atoms with van der Waals surface area (Å²) in [4.78, 5) is 25.1. The van der Waals surface area contributed by atoms with Gasteiger partial charge in [0.1, 0.15) is 0 Å². The van der Waals surface area contributed by atoms with Gasteiger partial charge in [0, 0.05) is 16.2 Å². The van der Waals surface area contributed by atoms with Crippen LogP contribution in [0, 0.1) is 5.41 Å². The summed E-state index contributed by atoms with van der Waals surface area (Å²) >= 11 is 1.63. The summed E-state index contributed by atoms with van der Waals surface area (Å²) in [6.45, 7) is 3.97. The molecule has 0 bridgehead atoms. The highest BCUT2D eigenvalue weighted by Crippen LogP contribution is 2.41. The molecule has 2 rings (SSSR count). The highest BCUT2D eigenvalue weighted by molar-refractivity contribution is 7.99. The first kappa shape index (κ1) is 13.1. The lowest BCUT2D eigenvalue weighted by Gasteiger charge is -2.31. The number of thioether (sulfide) groups is 1. The Labute approximate surface area is 111 Å². The molecule has 0 N–H and O–H groups in total. The van der Waals surface area contributed by atoms with Gasteiger partial charge in [0.05, 0.1) is 18.4 Å². The lowest BCUT2D eigenvalue weighted by atomic mass is 9.80. The first-order valence-corrected chi connectivity index (χ1v) is 6.97. The first-order chi connectivity index (χ1) is 8.57. The molecule has 1 aromatic carbocycles. The number of ketones is 1. The van der Waals surface area contributed by atoms with Gasteiger partial charge in [0.2, 0.25) is 0 Å². The van der Waals surface area contributed by atoms with Crippen LogP contribution in [0.1, 0.15) is 30.6 Å². The summed E-state index contributed by atoms with van der Waals surface area (Å²) in [7, 11) is 0. The number of ether oxygens (including phenoxy) is 1. The van der Waals surface area contributed by atoms with E-state index >= 15 is 0 Å². The van der Waals surface area contributed by atoms with Gasteiger partial charge in [-0.2, -0.15) is 0 Å². The Morgan fingerprint density at radius 1 is 1.44 bits per heavy atom. The van der Waals surface area contributed by atoms with Crippen molar-refractivity contribution in [1.82, 2.24) is 0 Å². The van der Waals surface area contributed by atoms with E-state index in [2.05, 4.69) is 0 Å². The van der Waals surface area contributed by atoms with E-state index in [9.17, 15) is 9.59 Å². The minimum absolute atomic E-state index is 0.0462. The van der Waals surface area contributed by atoms with E-state index < -0.39 is 5.41 Å². The lowest BCUT2D eigenvalue weighted by molar-refractivity contribution is -0.144. The molecule has 0 spiro atoms. The number of carbonyl (C=O) groups is 2. The molecule has 0 radical (unpaired) electrons. The SMILES string of the molecule is CCOC(=O)C[C@@]1(C)CSc2ccccc2C1=O. The zero-order chi connectivity index (χ0) is 13.2. The van der Waals surface area contributed by atoms with E-state index in [-0.39, 0.29) is 18.2 Å². The third-order valence-corrected chi connectivity index (χ3v) is 4.51. The fourth-order valence-electron chi connectivity index (χ4n) is 2.07. The van der Waals surface area contributed by atoms with E-state index in [1.54, 1.807) is 18.7 Å². The van der Waals surface area contributed by atoms with Crippen LogP contribution >= 0.6 is 11.8 Å². The maximum atomic E-state index is 12.5. The average Bonchev–Trinajstić information content (AvgIpc) is 2.35. The van der Waals surface area contributed by atoms with Gasteiger partial charge >= 0.3 is 5.97 Å². The molecular formula is C14H16O3S. The van der Waals surface area contributed by atoms with Gasteiger partial charge in [0.15, 0.2) is 5.78 Å². The molecule has 0 aliphatic carbocycles. The number of hydrogen-bond donors (Lipinski definition) is 0. The highest BCUT2D eigenvalue weighted by atomic mass is 32.2. The zero-order valence-electron chi connectivity index (χ0n) is 10.6. The Hall–Kier alpha value is -1.29. The fourth-order valence-corrected chi connectivity index (χ4v) is 3.27. The fraction of sp³-hybridized carbons (Fsp3) is 0.429. The quantitative estimate of drug-likeness (QED) is 0.787. The predicted octanol–water partition coefficient (Wildman–Crippen LogP) is 2.93. The zero-order valence-corrected chi connectivity index (χ0v) is 11.4. The lowest BCUT2D eigenvalue weighted by Crippen LogP contribution is -2.36. The van der Waals surface area contributed by atoms with Crippen LogP contribution in [0.15, 0.2) is 29.2 Å². The van der Waals surface area contributed by atoms with Crippen molar-refractivity contribution in [1.29, 1.82) is 0 Å². The van der Waals surface area contributed by atoms with Gasteiger partial charge in [-0.25, -0.2) is 0 Å². The summed E-state index contributed by atoms with van der Waals surface area (Å²) in [5.74, 6) is 0.375. The smallest absolute Gasteiger partial charge is 0.306 e. The predicted molar refractivity (Wildman–Crippen MR) is 70.9 cm³/mol. The molecule has 96 valence electrons. The van der Waals surface area contributed by atoms with Gasteiger partial charge < -0.3 is 4.74 Å². The van der Waals surface area contributed by atoms with Crippen molar-refractivity contribution in [2.24, 2.45) is 5.41 Å². The Morgan fingerprint density at radius 3 is 2.89 bits per heavy atom. The third-order valence-electron chi connectivity index (χ3n) is 3.07. The highest BCUT2D eigenvalue weighted by Gasteiger charge is 2.40. The Morgan fingerprint density at radius 2 is 2.17 bits per heavy atom. The second-order valence-corrected chi connectivity index (χ2v) is 5.67. The number of rotatable bonds is 3. The van der Waals surface area contributed by atoms with Crippen molar-refractivity contribution >= 4 is 23.5 Å². The standard InChI is InChI=1S/C14H16O3S/c1-3-17-12(15)8-14(2)9-18-11-7-5-4-6-10(11)13(14)16/h4-7H,3,8-9H2,1-2H3/t14-/m0/s1. The van der Waals surface area contributed by atoms with Crippen LogP contribution in [0.3, 0.4) is 0 Å². The molecule has 0 fully saturated rings. The van der Waals surface area contributed by atoms with Crippen LogP contribution in [-0.2, 0) is 9.53 Å². The number of fused-ring (bicyclic) bond motifs is 1. The van der Waals surface area contributed by atoms with Crippen molar-refractivity contribution in [3.63, 3.8) is 0 Å². The summed E-state index contributed by atoms with van der Waals surface area (Å²) in [6, 6.07) is 7.55. The second kappa shape index (κ2) is 5.14. The first-order valence-electron chi connectivity index (χ1n) is 5.99. The van der Waals surface area contributed by atoms with Crippen molar-refractivity contribution in [2.75, 3.05) is 12.4 Å². The minimum Gasteiger partial charge on any atom is -0.466 e. The molecule has 1 aromatic rings. The van der Waals surface area contributed by atoms with Crippen molar-refractivity contribution in [2.45, 2.75) is 25.2 Å². The Bertz CT molecular complexity index is 484. The molecule has 18 heavy (non-hydrogen) atoms. The monoisotopic (exact) mass is 264 g/mol. The number of esters is 1. The van der Waals surface area contributed by atoms with Crippen LogP contribution in [0.5, 0.6) is 0 Å². The van der Waals surface area contributed by atoms with E-state index in [1.165, 1.54) is 0 Å². The Balaban J connectivity index is 2.22. The number of carbonyl (C=O) groups excluding carboxylic acids is 2. The molecule has 0 saturated carbocycles. The summed E-state index contributed by atoms with van der Waals surface area (Å²) < 4.78 is 4.95. The van der Waals surface area contributed by atoms with E-state index in [0.717, 1.165) is 10.5 Å². The number of benzene rings is 1. The molecular weight excluding hydrogens is 248 g/mol. The Kier molecular flexibility index (Phi) is 3.76. The maximum Gasteiger partial charge on any atom is 0.306 e. The van der Waals surface area contributed by atoms with E-state index in [1.807, 2.05) is 31.2 Å². The molecule has 1 heterocycles. The largest absolute Gasteiger partial charge is 0.466 e. The van der Waals surface area contributed by atoms with Crippen molar-refractivity contribution in [3.8, 4) is 0 Å². The maximum absolute atomic E-state index is 12.5. The van der Waals surface area contributed by atoms with Crippen LogP contribution in [-0.4, -0.2) is 24.1 Å². The van der Waals surface area contributed by atoms with Gasteiger partial charge in [0.25, 0.3) is 0 Å². The van der Waals surface area contributed by atoms with Gasteiger partial charge in [-0.15, -0.1) is 11.8 Å². The van der Waals surface area contributed by atoms with Crippen molar-refractivity contribution < 1.29 is 14.3 Å². The number of Topliss-reactive ketones (excluding diaryl/α,β-unsaturated/α-hetero) is 1. The molecule has 1 atom stereocenters.